The van der Waals surface area contributed by atoms with Gasteiger partial charge in [0, 0.05) is 0 Å². The third-order valence-corrected chi connectivity index (χ3v) is 10.3. The Kier molecular flexibility index (Phi) is 11.8. The van der Waals surface area contributed by atoms with Crippen molar-refractivity contribution in [1.29, 1.82) is 0 Å². The highest BCUT2D eigenvalue weighted by molar-refractivity contribution is 5.88. The van der Waals surface area contributed by atoms with Crippen LogP contribution >= 0.6 is 0 Å². The van der Waals surface area contributed by atoms with Crippen molar-refractivity contribution in [2.45, 2.75) is 53.4 Å². The molecule has 0 amide bonds. The van der Waals surface area contributed by atoms with Crippen molar-refractivity contribution in [2.24, 2.45) is 0 Å². The lowest BCUT2D eigenvalue weighted by Crippen LogP contribution is -1.93. The average molecular weight is 675 g/mol. The Morgan fingerprint density at radius 1 is 0.308 bits per heavy atom. The molecular formula is C52H50. The quantitative estimate of drug-likeness (QED) is 0.107. The molecule has 0 aromatic heterocycles. The van der Waals surface area contributed by atoms with Crippen LogP contribution in [0, 0.1) is 0 Å². The van der Waals surface area contributed by atoms with Crippen molar-refractivity contribution in [1.82, 2.24) is 0 Å². The highest BCUT2D eigenvalue weighted by atomic mass is 14.2. The molecule has 0 saturated heterocycles. The Bertz CT molecular complexity index is 2000. The number of rotatable bonds is 13. The summed E-state index contributed by atoms with van der Waals surface area (Å²) in [7, 11) is 0. The van der Waals surface area contributed by atoms with Crippen molar-refractivity contribution in [3.63, 3.8) is 0 Å². The first-order valence-electron chi connectivity index (χ1n) is 18.8. The largest absolute Gasteiger partial charge is 0.0906 e. The van der Waals surface area contributed by atoms with Gasteiger partial charge in [-0.2, -0.15) is 0 Å². The van der Waals surface area contributed by atoms with Crippen LogP contribution in [-0.2, 0) is 25.7 Å². The third kappa shape index (κ3) is 8.42. The standard InChI is InChI=1S/C52H50/c1-7-39-11-19-43(20-12-39)37(5)45-27-31-49(32-28-45)51(47-23-15-41(9-3)16-24-47)35-36-52(48-25-17-42(10-4)18-26-48)50-33-29-46(30-34-50)38(6)44-21-13-40(8-2)14-22-44/h11-36H,5-10H2,1-4H3/b51-35+,52-36+. The molecule has 0 radical (unpaired) electrons. The normalized spacial score (nSPS) is 11.8. The maximum absolute atomic E-state index is 4.45. The van der Waals surface area contributed by atoms with Gasteiger partial charge in [-0.25, -0.2) is 0 Å². The monoisotopic (exact) mass is 674 g/mol. The second-order valence-electron chi connectivity index (χ2n) is 13.5. The van der Waals surface area contributed by atoms with Gasteiger partial charge in [-0.15, -0.1) is 0 Å². The van der Waals surface area contributed by atoms with Gasteiger partial charge in [-0.05, 0) is 115 Å². The van der Waals surface area contributed by atoms with Crippen LogP contribution < -0.4 is 0 Å². The molecule has 0 spiro atoms. The Morgan fingerprint density at radius 3 is 0.692 bits per heavy atom. The molecule has 0 aliphatic rings. The summed E-state index contributed by atoms with van der Waals surface area (Å²) in [5.74, 6) is 0. The van der Waals surface area contributed by atoms with Gasteiger partial charge in [0.25, 0.3) is 0 Å². The van der Waals surface area contributed by atoms with Gasteiger partial charge in [-0.1, -0.05) is 199 Å². The summed E-state index contributed by atoms with van der Waals surface area (Å²) in [5, 5.41) is 0. The van der Waals surface area contributed by atoms with Crippen LogP contribution in [0.1, 0.15) is 94.5 Å². The lowest BCUT2D eigenvalue weighted by molar-refractivity contribution is 1.14. The summed E-state index contributed by atoms with van der Waals surface area (Å²) in [5.41, 5.74) is 19.0. The van der Waals surface area contributed by atoms with Crippen LogP contribution in [0.25, 0.3) is 22.3 Å². The van der Waals surface area contributed by atoms with Gasteiger partial charge < -0.3 is 0 Å². The van der Waals surface area contributed by atoms with E-state index in [0.29, 0.717) is 0 Å². The van der Waals surface area contributed by atoms with Crippen LogP contribution in [0.2, 0.25) is 0 Å². The molecule has 6 aromatic rings. The van der Waals surface area contributed by atoms with E-state index < -0.39 is 0 Å². The summed E-state index contributed by atoms with van der Waals surface area (Å²) in [4.78, 5) is 0. The first-order chi connectivity index (χ1) is 25.4. The summed E-state index contributed by atoms with van der Waals surface area (Å²) in [6, 6.07) is 53.3. The van der Waals surface area contributed by atoms with Crippen molar-refractivity contribution in [2.75, 3.05) is 0 Å². The molecule has 0 aliphatic carbocycles. The number of aryl methyl sites for hydroxylation is 4. The van der Waals surface area contributed by atoms with E-state index in [1.165, 1.54) is 55.7 Å². The van der Waals surface area contributed by atoms with Crippen LogP contribution in [0.3, 0.4) is 0 Å². The third-order valence-electron chi connectivity index (χ3n) is 10.3. The minimum absolute atomic E-state index is 1.01. The summed E-state index contributed by atoms with van der Waals surface area (Å²) < 4.78 is 0. The molecule has 0 N–H and O–H groups in total. The second-order valence-corrected chi connectivity index (χ2v) is 13.5. The lowest BCUT2D eigenvalue weighted by atomic mass is 9.91. The molecule has 0 nitrogen and oxygen atoms in total. The SMILES string of the molecule is C=C(c1ccc(CC)cc1)c1ccc(/C(=C/C=C(\c2ccc(CC)cc2)c2ccc(C(=C)c3ccc(CC)cc3)cc2)c2ccc(CC)cc2)cc1. The van der Waals surface area contributed by atoms with Gasteiger partial charge in [-0.3, -0.25) is 0 Å². The van der Waals surface area contributed by atoms with Crippen LogP contribution in [-0.4, -0.2) is 0 Å². The van der Waals surface area contributed by atoms with E-state index in [4.69, 9.17) is 0 Å². The molecule has 258 valence electrons. The molecular weight excluding hydrogens is 625 g/mol. The summed E-state index contributed by atoms with van der Waals surface area (Å²) >= 11 is 0. The maximum Gasteiger partial charge on any atom is -0.0111 e. The van der Waals surface area contributed by atoms with E-state index in [1.54, 1.807) is 0 Å². The Balaban J connectivity index is 1.39. The van der Waals surface area contributed by atoms with Crippen molar-refractivity contribution < 1.29 is 0 Å². The summed E-state index contributed by atoms with van der Waals surface area (Å²) in [6.07, 6.45) is 8.68. The van der Waals surface area contributed by atoms with E-state index in [1.807, 2.05) is 0 Å². The van der Waals surface area contributed by atoms with Crippen LogP contribution in [0.4, 0.5) is 0 Å². The van der Waals surface area contributed by atoms with Crippen molar-refractivity contribution in [3.8, 4) is 0 Å². The van der Waals surface area contributed by atoms with Gasteiger partial charge in [0.1, 0.15) is 0 Å². The van der Waals surface area contributed by atoms with E-state index in [2.05, 4.69) is 199 Å². The fraction of sp³-hybridized carbons (Fsp3) is 0.154. The number of allylic oxidation sites excluding steroid dienone is 2. The smallest absolute Gasteiger partial charge is 0.0111 e. The highest BCUT2D eigenvalue weighted by Gasteiger charge is 2.11. The van der Waals surface area contributed by atoms with Gasteiger partial charge in [0.2, 0.25) is 0 Å². The molecule has 0 saturated carbocycles. The number of hydrogen-bond acceptors (Lipinski definition) is 0. The molecule has 0 bridgehead atoms. The molecule has 0 aliphatic heterocycles. The van der Waals surface area contributed by atoms with Gasteiger partial charge in [0.15, 0.2) is 0 Å². The minimum atomic E-state index is 1.01. The molecule has 0 fully saturated rings. The fourth-order valence-corrected chi connectivity index (χ4v) is 6.64. The molecule has 6 rings (SSSR count). The average Bonchev–Trinajstić information content (AvgIpc) is 3.22. The molecule has 52 heavy (non-hydrogen) atoms. The highest BCUT2D eigenvalue weighted by Crippen LogP contribution is 2.32. The predicted octanol–water partition coefficient (Wildman–Crippen LogP) is 13.6. The zero-order valence-electron chi connectivity index (χ0n) is 31.3. The van der Waals surface area contributed by atoms with Crippen LogP contribution in [0.15, 0.2) is 171 Å². The maximum atomic E-state index is 4.45. The fourth-order valence-electron chi connectivity index (χ4n) is 6.64. The Hall–Kier alpha value is -5.72. The Labute approximate surface area is 312 Å². The zero-order valence-corrected chi connectivity index (χ0v) is 31.3. The summed E-state index contributed by atoms with van der Waals surface area (Å²) in [6.45, 7) is 17.7. The molecule has 0 unspecified atom stereocenters. The first-order valence-corrected chi connectivity index (χ1v) is 18.8. The van der Waals surface area contributed by atoms with Crippen molar-refractivity contribution in [3.05, 3.63) is 238 Å². The minimum Gasteiger partial charge on any atom is -0.0906 e. The second kappa shape index (κ2) is 17.0. The topological polar surface area (TPSA) is 0 Å². The predicted molar refractivity (Wildman–Crippen MR) is 227 cm³/mol. The zero-order chi connectivity index (χ0) is 36.5. The number of hydrogen-bond donors (Lipinski definition) is 0. The van der Waals surface area contributed by atoms with Crippen LogP contribution in [0.5, 0.6) is 0 Å². The Morgan fingerprint density at radius 2 is 0.481 bits per heavy atom. The number of benzene rings is 6. The molecule has 0 heteroatoms. The molecule has 6 aromatic carbocycles. The van der Waals surface area contributed by atoms with Gasteiger partial charge >= 0.3 is 0 Å². The van der Waals surface area contributed by atoms with Gasteiger partial charge in [0.05, 0.1) is 0 Å². The lowest BCUT2D eigenvalue weighted by Gasteiger charge is -2.14. The van der Waals surface area contributed by atoms with Crippen molar-refractivity contribution >= 4 is 22.3 Å². The molecule has 0 heterocycles. The van der Waals surface area contributed by atoms with E-state index in [9.17, 15) is 0 Å². The van der Waals surface area contributed by atoms with E-state index in [-0.39, 0.29) is 0 Å². The van der Waals surface area contributed by atoms with E-state index in [0.717, 1.165) is 59.1 Å². The molecule has 0 atom stereocenters. The van der Waals surface area contributed by atoms with E-state index >= 15 is 0 Å². The first kappa shape index (κ1) is 36.1.